The standard InChI is InChI=1S/C15H20ClNO2/c1-12-11-13(16)6-7-14(12)19-10-4-5-15(18)17-8-2-3-9-17/h6-7,11H,2-5,8-10H2,1H3. The summed E-state index contributed by atoms with van der Waals surface area (Å²) in [5.74, 6) is 1.10. The fourth-order valence-electron chi connectivity index (χ4n) is 2.30. The van der Waals surface area contributed by atoms with E-state index >= 15 is 0 Å². The van der Waals surface area contributed by atoms with Crippen LogP contribution in [0.25, 0.3) is 0 Å². The molecule has 0 bridgehead atoms. The summed E-state index contributed by atoms with van der Waals surface area (Å²) >= 11 is 5.89. The van der Waals surface area contributed by atoms with Crippen LogP contribution in [0.5, 0.6) is 5.75 Å². The molecule has 1 aliphatic heterocycles. The second-order valence-electron chi connectivity index (χ2n) is 4.95. The van der Waals surface area contributed by atoms with Crippen LogP contribution < -0.4 is 4.74 Å². The third kappa shape index (κ3) is 4.13. The molecule has 0 radical (unpaired) electrons. The molecule has 1 heterocycles. The number of amides is 1. The van der Waals surface area contributed by atoms with Crippen molar-refractivity contribution in [2.24, 2.45) is 0 Å². The molecule has 4 heteroatoms. The Labute approximate surface area is 119 Å². The molecule has 3 nitrogen and oxygen atoms in total. The third-order valence-corrected chi connectivity index (χ3v) is 3.62. The van der Waals surface area contributed by atoms with E-state index in [1.165, 1.54) is 0 Å². The van der Waals surface area contributed by atoms with Crippen molar-refractivity contribution in [1.29, 1.82) is 0 Å². The molecule has 0 saturated carbocycles. The van der Waals surface area contributed by atoms with Gasteiger partial charge in [0, 0.05) is 24.5 Å². The van der Waals surface area contributed by atoms with Crippen LogP contribution in [-0.4, -0.2) is 30.5 Å². The first kappa shape index (κ1) is 14.2. The van der Waals surface area contributed by atoms with Crippen molar-refractivity contribution in [2.75, 3.05) is 19.7 Å². The molecule has 2 rings (SSSR count). The first-order valence-corrected chi connectivity index (χ1v) is 7.21. The quantitative estimate of drug-likeness (QED) is 0.774. The molecule has 0 spiro atoms. The first-order chi connectivity index (χ1) is 9.16. The first-order valence-electron chi connectivity index (χ1n) is 6.83. The van der Waals surface area contributed by atoms with E-state index in [9.17, 15) is 4.79 Å². The van der Waals surface area contributed by atoms with Crippen molar-refractivity contribution >= 4 is 17.5 Å². The van der Waals surface area contributed by atoms with E-state index in [0.29, 0.717) is 18.1 Å². The number of halogens is 1. The molecule has 0 unspecified atom stereocenters. The Kier molecular flexibility index (Phi) is 5.08. The maximum atomic E-state index is 11.8. The van der Waals surface area contributed by atoms with Gasteiger partial charge in [0.25, 0.3) is 0 Å². The van der Waals surface area contributed by atoms with Gasteiger partial charge in [0.1, 0.15) is 5.75 Å². The van der Waals surface area contributed by atoms with Crippen LogP contribution in [0.4, 0.5) is 0 Å². The van der Waals surface area contributed by atoms with Crippen LogP contribution in [0.3, 0.4) is 0 Å². The lowest BCUT2D eigenvalue weighted by atomic mass is 10.2. The zero-order chi connectivity index (χ0) is 13.7. The Morgan fingerprint density at radius 1 is 1.37 bits per heavy atom. The second-order valence-corrected chi connectivity index (χ2v) is 5.39. The van der Waals surface area contributed by atoms with Crippen molar-refractivity contribution in [3.05, 3.63) is 28.8 Å². The van der Waals surface area contributed by atoms with Gasteiger partial charge in [-0.1, -0.05) is 11.6 Å². The van der Waals surface area contributed by atoms with Gasteiger partial charge in [-0.2, -0.15) is 0 Å². The number of hydrogen-bond acceptors (Lipinski definition) is 2. The van der Waals surface area contributed by atoms with Gasteiger partial charge in [-0.05, 0) is 49.9 Å². The Morgan fingerprint density at radius 3 is 2.79 bits per heavy atom. The molecule has 1 saturated heterocycles. The molecule has 0 N–H and O–H groups in total. The Bertz CT molecular complexity index is 442. The monoisotopic (exact) mass is 281 g/mol. The molecule has 0 aromatic heterocycles. The van der Waals surface area contributed by atoms with Gasteiger partial charge in [0.15, 0.2) is 0 Å². The fourth-order valence-corrected chi connectivity index (χ4v) is 2.53. The number of rotatable bonds is 5. The molecular weight excluding hydrogens is 262 g/mol. The number of ether oxygens (including phenoxy) is 1. The minimum Gasteiger partial charge on any atom is -0.493 e. The van der Waals surface area contributed by atoms with Crippen LogP contribution in [0.2, 0.25) is 5.02 Å². The van der Waals surface area contributed by atoms with Crippen LogP contribution >= 0.6 is 11.6 Å². The van der Waals surface area contributed by atoms with Gasteiger partial charge in [0.05, 0.1) is 6.61 Å². The smallest absolute Gasteiger partial charge is 0.222 e. The summed E-state index contributed by atoms with van der Waals surface area (Å²) in [4.78, 5) is 13.8. The van der Waals surface area contributed by atoms with E-state index < -0.39 is 0 Å². The Morgan fingerprint density at radius 2 is 2.11 bits per heavy atom. The molecule has 1 aromatic carbocycles. The summed E-state index contributed by atoms with van der Waals surface area (Å²) in [6, 6.07) is 5.57. The summed E-state index contributed by atoms with van der Waals surface area (Å²) in [6.45, 7) is 4.39. The SMILES string of the molecule is Cc1cc(Cl)ccc1OCCCC(=O)N1CCCC1. The molecule has 19 heavy (non-hydrogen) atoms. The average molecular weight is 282 g/mol. The largest absolute Gasteiger partial charge is 0.493 e. The van der Waals surface area contributed by atoms with E-state index in [2.05, 4.69) is 0 Å². The lowest BCUT2D eigenvalue weighted by molar-refractivity contribution is -0.130. The lowest BCUT2D eigenvalue weighted by Crippen LogP contribution is -2.27. The minimum absolute atomic E-state index is 0.258. The highest BCUT2D eigenvalue weighted by Gasteiger charge is 2.16. The zero-order valence-corrected chi connectivity index (χ0v) is 12.1. The van der Waals surface area contributed by atoms with E-state index in [1.807, 2.05) is 30.0 Å². The summed E-state index contributed by atoms with van der Waals surface area (Å²) in [6.07, 6.45) is 3.63. The molecule has 104 valence electrons. The molecule has 1 aliphatic rings. The Hall–Kier alpha value is -1.22. The fraction of sp³-hybridized carbons (Fsp3) is 0.533. The normalized spacial score (nSPS) is 14.7. The molecule has 1 fully saturated rings. The van der Waals surface area contributed by atoms with Gasteiger partial charge < -0.3 is 9.64 Å². The topological polar surface area (TPSA) is 29.5 Å². The summed E-state index contributed by atoms with van der Waals surface area (Å²) < 4.78 is 5.68. The molecular formula is C15H20ClNO2. The number of carbonyl (C=O) groups is 1. The molecule has 0 aliphatic carbocycles. The van der Waals surface area contributed by atoms with Crippen LogP contribution in [0.1, 0.15) is 31.2 Å². The predicted molar refractivity (Wildman–Crippen MR) is 76.7 cm³/mol. The van der Waals surface area contributed by atoms with Gasteiger partial charge in [-0.3, -0.25) is 4.79 Å². The average Bonchev–Trinajstić information content (AvgIpc) is 2.90. The van der Waals surface area contributed by atoms with Gasteiger partial charge in [-0.15, -0.1) is 0 Å². The number of carbonyl (C=O) groups excluding carboxylic acids is 1. The molecule has 1 aromatic rings. The van der Waals surface area contributed by atoms with Crippen molar-refractivity contribution in [1.82, 2.24) is 4.90 Å². The van der Waals surface area contributed by atoms with Crippen LogP contribution in [0, 0.1) is 6.92 Å². The van der Waals surface area contributed by atoms with Crippen LogP contribution in [-0.2, 0) is 4.79 Å². The number of nitrogens with zero attached hydrogens (tertiary/aromatic N) is 1. The number of benzene rings is 1. The summed E-state index contributed by atoms with van der Waals surface area (Å²) in [5, 5.41) is 0.717. The van der Waals surface area contributed by atoms with Crippen molar-refractivity contribution in [3.8, 4) is 5.75 Å². The highest BCUT2D eigenvalue weighted by atomic mass is 35.5. The molecule has 0 atom stereocenters. The van der Waals surface area contributed by atoms with E-state index in [4.69, 9.17) is 16.3 Å². The van der Waals surface area contributed by atoms with Crippen molar-refractivity contribution in [2.45, 2.75) is 32.6 Å². The number of hydrogen-bond donors (Lipinski definition) is 0. The maximum Gasteiger partial charge on any atom is 0.222 e. The highest BCUT2D eigenvalue weighted by Crippen LogP contribution is 2.22. The van der Waals surface area contributed by atoms with Gasteiger partial charge in [0.2, 0.25) is 5.91 Å². The van der Waals surface area contributed by atoms with E-state index in [1.54, 1.807) is 0 Å². The highest BCUT2D eigenvalue weighted by molar-refractivity contribution is 6.30. The summed E-state index contributed by atoms with van der Waals surface area (Å²) in [5.41, 5.74) is 1.03. The van der Waals surface area contributed by atoms with E-state index in [-0.39, 0.29) is 5.91 Å². The second kappa shape index (κ2) is 6.80. The lowest BCUT2D eigenvalue weighted by Gasteiger charge is -2.15. The van der Waals surface area contributed by atoms with Gasteiger partial charge in [-0.25, -0.2) is 0 Å². The maximum absolute atomic E-state index is 11.8. The van der Waals surface area contributed by atoms with Crippen LogP contribution in [0.15, 0.2) is 18.2 Å². The predicted octanol–water partition coefficient (Wildman–Crippen LogP) is 3.43. The van der Waals surface area contributed by atoms with Gasteiger partial charge >= 0.3 is 0 Å². The van der Waals surface area contributed by atoms with Crippen molar-refractivity contribution < 1.29 is 9.53 Å². The zero-order valence-electron chi connectivity index (χ0n) is 11.3. The molecule has 1 amide bonds. The van der Waals surface area contributed by atoms with E-state index in [0.717, 1.165) is 43.7 Å². The van der Waals surface area contributed by atoms with Crippen molar-refractivity contribution in [3.63, 3.8) is 0 Å². The Balaban J connectivity index is 1.70. The minimum atomic E-state index is 0.258. The third-order valence-electron chi connectivity index (χ3n) is 3.39. The number of aryl methyl sites for hydroxylation is 1. The number of likely N-dealkylation sites (tertiary alicyclic amines) is 1. The summed E-state index contributed by atoms with van der Waals surface area (Å²) in [7, 11) is 0.